The fourth-order valence-corrected chi connectivity index (χ4v) is 3.17. The predicted molar refractivity (Wildman–Crippen MR) is 88.7 cm³/mol. The van der Waals surface area contributed by atoms with Gasteiger partial charge in [0.15, 0.2) is 0 Å². The van der Waals surface area contributed by atoms with Crippen LogP contribution in [0.1, 0.15) is 45.1 Å². The summed E-state index contributed by atoms with van der Waals surface area (Å²) < 4.78 is 19.0. The molecule has 23 heavy (non-hydrogen) atoms. The van der Waals surface area contributed by atoms with Crippen LogP contribution < -0.4 is 5.73 Å². The monoisotopic (exact) mass is 322 g/mol. The SMILES string of the molecule is CC(C)(C)OC(=O)N1CCCC(C(CN)c2cccc(F)c2)C1. The number of ether oxygens (including phenoxy) is 1. The highest BCUT2D eigenvalue weighted by Crippen LogP contribution is 2.32. The molecule has 0 spiro atoms. The van der Waals surface area contributed by atoms with Gasteiger partial charge in [-0.05, 0) is 63.8 Å². The zero-order chi connectivity index (χ0) is 17.0. The van der Waals surface area contributed by atoms with Crippen LogP contribution >= 0.6 is 0 Å². The summed E-state index contributed by atoms with van der Waals surface area (Å²) in [6, 6.07) is 6.60. The summed E-state index contributed by atoms with van der Waals surface area (Å²) in [4.78, 5) is 14.0. The molecule has 1 saturated heterocycles. The Hall–Kier alpha value is -1.62. The number of halogens is 1. The first-order valence-corrected chi connectivity index (χ1v) is 8.23. The normalized spacial score (nSPS) is 20.2. The highest BCUT2D eigenvalue weighted by molar-refractivity contribution is 5.68. The lowest BCUT2D eigenvalue weighted by Crippen LogP contribution is -2.45. The van der Waals surface area contributed by atoms with Crippen molar-refractivity contribution in [1.29, 1.82) is 0 Å². The Morgan fingerprint density at radius 1 is 1.48 bits per heavy atom. The first-order valence-electron chi connectivity index (χ1n) is 8.23. The third-order valence-corrected chi connectivity index (χ3v) is 4.21. The number of piperidine rings is 1. The van der Waals surface area contributed by atoms with Crippen LogP contribution in [-0.2, 0) is 4.74 Å². The van der Waals surface area contributed by atoms with Crippen LogP contribution in [0.2, 0.25) is 0 Å². The van der Waals surface area contributed by atoms with Crippen LogP contribution in [0.3, 0.4) is 0 Å². The Labute approximate surface area is 137 Å². The lowest BCUT2D eigenvalue weighted by atomic mass is 9.81. The van der Waals surface area contributed by atoms with Crippen molar-refractivity contribution in [2.75, 3.05) is 19.6 Å². The standard InChI is InChI=1S/C18H27FN2O2/c1-18(2,3)23-17(22)21-9-5-7-14(12-21)16(11-20)13-6-4-8-15(19)10-13/h4,6,8,10,14,16H,5,7,9,11-12,20H2,1-3H3. The van der Waals surface area contributed by atoms with E-state index in [0.29, 0.717) is 19.6 Å². The van der Waals surface area contributed by atoms with E-state index in [4.69, 9.17) is 10.5 Å². The van der Waals surface area contributed by atoms with Gasteiger partial charge in [0.1, 0.15) is 11.4 Å². The van der Waals surface area contributed by atoms with Crippen molar-refractivity contribution in [3.63, 3.8) is 0 Å². The first kappa shape index (κ1) is 17.7. The molecule has 0 radical (unpaired) electrons. The topological polar surface area (TPSA) is 55.6 Å². The van der Waals surface area contributed by atoms with Crippen molar-refractivity contribution in [3.8, 4) is 0 Å². The second-order valence-corrected chi connectivity index (χ2v) is 7.23. The average Bonchev–Trinajstić information content (AvgIpc) is 2.47. The van der Waals surface area contributed by atoms with Gasteiger partial charge in [0.2, 0.25) is 0 Å². The summed E-state index contributed by atoms with van der Waals surface area (Å²) in [5.74, 6) is 0.0276. The van der Waals surface area contributed by atoms with E-state index in [0.717, 1.165) is 18.4 Å². The van der Waals surface area contributed by atoms with E-state index in [1.54, 1.807) is 17.0 Å². The molecule has 0 aromatic heterocycles. The van der Waals surface area contributed by atoms with E-state index in [9.17, 15) is 9.18 Å². The van der Waals surface area contributed by atoms with Gasteiger partial charge in [-0.15, -0.1) is 0 Å². The quantitative estimate of drug-likeness (QED) is 0.926. The lowest BCUT2D eigenvalue weighted by Gasteiger charge is -2.37. The Balaban J connectivity index is 2.08. The first-order chi connectivity index (χ1) is 10.8. The molecule has 2 atom stereocenters. The molecule has 1 heterocycles. The highest BCUT2D eigenvalue weighted by Gasteiger charge is 2.31. The molecule has 0 saturated carbocycles. The van der Waals surface area contributed by atoms with Gasteiger partial charge in [0, 0.05) is 19.0 Å². The second kappa shape index (κ2) is 7.30. The van der Waals surface area contributed by atoms with Gasteiger partial charge in [-0.1, -0.05) is 12.1 Å². The Bertz CT molecular complexity index is 542. The maximum Gasteiger partial charge on any atom is 0.410 e. The lowest BCUT2D eigenvalue weighted by molar-refractivity contribution is 0.0152. The minimum absolute atomic E-state index is 0.0518. The van der Waals surface area contributed by atoms with Crippen LogP contribution in [-0.4, -0.2) is 36.2 Å². The van der Waals surface area contributed by atoms with E-state index in [-0.39, 0.29) is 23.7 Å². The Kier molecular flexibility index (Phi) is 5.63. The number of carbonyl (C=O) groups excluding carboxylic acids is 1. The number of hydrogen-bond acceptors (Lipinski definition) is 3. The Morgan fingerprint density at radius 2 is 2.22 bits per heavy atom. The molecule has 1 aromatic carbocycles. The third kappa shape index (κ3) is 4.93. The molecular weight excluding hydrogens is 295 g/mol. The number of likely N-dealkylation sites (tertiary alicyclic amines) is 1. The van der Waals surface area contributed by atoms with E-state index in [2.05, 4.69) is 0 Å². The predicted octanol–water partition coefficient (Wildman–Crippen LogP) is 3.52. The van der Waals surface area contributed by atoms with Gasteiger partial charge in [-0.25, -0.2) is 9.18 Å². The van der Waals surface area contributed by atoms with Crippen LogP contribution in [0.25, 0.3) is 0 Å². The largest absolute Gasteiger partial charge is 0.444 e. The molecule has 1 aromatic rings. The summed E-state index contributed by atoms with van der Waals surface area (Å²) in [5, 5.41) is 0. The molecule has 0 aliphatic carbocycles. The van der Waals surface area contributed by atoms with E-state index in [1.807, 2.05) is 26.8 Å². The summed E-state index contributed by atoms with van der Waals surface area (Å²) in [6.07, 6.45) is 1.62. The van der Waals surface area contributed by atoms with E-state index < -0.39 is 5.60 Å². The number of benzene rings is 1. The number of rotatable bonds is 3. The van der Waals surface area contributed by atoms with Gasteiger partial charge >= 0.3 is 6.09 Å². The number of hydrogen-bond donors (Lipinski definition) is 1. The molecule has 1 amide bonds. The van der Waals surface area contributed by atoms with Crippen molar-refractivity contribution < 1.29 is 13.9 Å². The number of nitrogens with two attached hydrogens (primary N) is 1. The number of nitrogens with zero attached hydrogens (tertiary/aromatic N) is 1. The van der Waals surface area contributed by atoms with Gasteiger partial charge in [-0.3, -0.25) is 0 Å². The maximum atomic E-state index is 13.5. The molecular formula is C18H27FN2O2. The molecule has 4 nitrogen and oxygen atoms in total. The van der Waals surface area contributed by atoms with Crippen LogP contribution in [0.4, 0.5) is 9.18 Å². The van der Waals surface area contributed by atoms with Crippen molar-refractivity contribution in [2.24, 2.45) is 11.7 Å². The van der Waals surface area contributed by atoms with Gasteiger partial charge in [0.05, 0.1) is 0 Å². The molecule has 1 fully saturated rings. The van der Waals surface area contributed by atoms with E-state index in [1.165, 1.54) is 6.07 Å². The molecule has 128 valence electrons. The van der Waals surface area contributed by atoms with Gasteiger partial charge in [0.25, 0.3) is 0 Å². The van der Waals surface area contributed by atoms with Crippen molar-refractivity contribution >= 4 is 6.09 Å². The number of carbonyl (C=O) groups is 1. The van der Waals surface area contributed by atoms with Crippen LogP contribution in [0.5, 0.6) is 0 Å². The summed E-state index contributed by atoms with van der Waals surface area (Å²) in [6.45, 7) is 7.33. The Morgan fingerprint density at radius 3 is 2.83 bits per heavy atom. The summed E-state index contributed by atoms with van der Waals surface area (Å²) in [5.41, 5.74) is 6.36. The van der Waals surface area contributed by atoms with E-state index >= 15 is 0 Å². The fraction of sp³-hybridized carbons (Fsp3) is 0.611. The zero-order valence-corrected chi connectivity index (χ0v) is 14.2. The molecule has 1 aliphatic rings. The molecule has 2 N–H and O–H groups in total. The van der Waals surface area contributed by atoms with Gasteiger partial charge < -0.3 is 15.4 Å². The molecule has 2 unspecified atom stereocenters. The van der Waals surface area contributed by atoms with Crippen LogP contribution in [0.15, 0.2) is 24.3 Å². The smallest absolute Gasteiger partial charge is 0.410 e. The number of amides is 1. The fourth-order valence-electron chi connectivity index (χ4n) is 3.17. The summed E-state index contributed by atoms with van der Waals surface area (Å²) in [7, 11) is 0. The second-order valence-electron chi connectivity index (χ2n) is 7.23. The molecule has 0 bridgehead atoms. The zero-order valence-electron chi connectivity index (χ0n) is 14.2. The minimum Gasteiger partial charge on any atom is -0.444 e. The minimum atomic E-state index is -0.500. The van der Waals surface area contributed by atoms with Gasteiger partial charge in [-0.2, -0.15) is 0 Å². The van der Waals surface area contributed by atoms with Crippen LogP contribution in [0, 0.1) is 11.7 Å². The maximum absolute atomic E-state index is 13.5. The molecule has 1 aliphatic heterocycles. The van der Waals surface area contributed by atoms with Crippen molar-refractivity contribution in [2.45, 2.75) is 45.1 Å². The average molecular weight is 322 g/mol. The molecule has 5 heteroatoms. The summed E-state index contributed by atoms with van der Waals surface area (Å²) >= 11 is 0. The third-order valence-electron chi connectivity index (χ3n) is 4.21. The highest BCUT2D eigenvalue weighted by atomic mass is 19.1. The molecule has 2 rings (SSSR count). The van der Waals surface area contributed by atoms with Crippen molar-refractivity contribution in [1.82, 2.24) is 4.90 Å². The van der Waals surface area contributed by atoms with Crippen molar-refractivity contribution in [3.05, 3.63) is 35.6 Å².